The molecule has 37 heavy (non-hydrogen) atoms. The number of benzene rings is 3. The molecule has 0 saturated heterocycles. The summed E-state index contributed by atoms with van der Waals surface area (Å²) in [5.74, 6) is 0.139. The third-order valence-corrected chi connectivity index (χ3v) is 6.57. The SMILES string of the molecule is COc1ccc(/C=C2\Oc3c(ccc4c3[C@@H](c3coc5ccccc5c3=O)CC(=O)O4)C2=O)cc1OC. The van der Waals surface area contributed by atoms with Gasteiger partial charge < -0.3 is 23.4 Å². The zero-order valence-corrected chi connectivity index (χ0v) is 19.9. The molecule has 0 saturated carbocycles. The smallest absolute Gasteiger partial charge is 0.312 e. The van der Waals surface area contributed by atoms with E-state index in [9.17, 15) is 14.4 Å². The molecule has 3 aromatic carbocycles. The molecule has 8 heteroatoms. The van der Waals surface area contributed by atoms with E-state index in [4.69, 9.17) is 23.4 Å². The molecule has 0 radical (unpaired) electrons. The number of ketones is 1. The number of esters is 1. The molecular weight excluding hydrogens is 476 g/mol. The van der Waals surface area contributed by atoms with E-state index in [1.807, 2.05) is 0 Å². The van der Waals surface area contributed by atoms with Crippen LogP contribution in [0.1, 0.15) is 39.4 Å². The fourth-order valence-corrected chi connectivity index (χ4v) is 4.80. The van der Waals surface area contributed by atoms with Gasteiger partial charge in [0.1, 0.15) is 17.1 Å². The third-order valence-electron chi connectivity index (χ3n) is 6.57. The van der Waals surface area contributed by atoms with Crippen molar-refractivity contribution in [1.29, 1.82) is 0 Å². The molecule has 1 atom stereocenters. The normalized spacial score (nSPS) is 17.2. The van der Waals surface area contributed by atoms with Gasteiger partial charge in [0.05, 0.1) is 37.9 Å². The second-order valence-electron chi connectivity index (χ2n) is 8.66. The fraction of sp³-hybridized carbons (Fsp3) is 0.138. The summed E-state index contributed by atoms with van der Waals surface area (Å²) in [4.78, 5) is 39.1. The summed E-state index contributed by atoms with van der Waals surface area (Å²) in [6.45, 7) is 0. The highest BCUT2D eigenvalue weighted by atomic mass is 16.5. The van der Waals surface area contributed by atoms with Gasteiger partial charge in [0, 0.05) is 17.0 Å². The number of hydrogen-bond donors (Lipinski definition) is 0. The molecule has 184 valence electrons. The Labute approximate surface area is 210 Å². The molecule has 3 heterocycles. The Hall–Kier alpha value is -4.85. The number of hydrogen-bond acceptors (Lipinski definition) is 8. The van der Waals surface area contributed by atoms with Gasteiger partial charge in [0.15, 0.2) is 22.7 Å². The van der Waals surface area contributed by atoms with Gasteiger partial charge in [-0.3, -0.25) is 14.4 Å². The van der Waals surface area contributed by atoms with Gasteiger partial charge in [-0.05, 0) is 48.0 Å². The minimum absolute atomic E-state index is 0.0943. The fourth-order valence-electron chi connectivity index (χ4n) is 4.80. The molecule has 0 aliphatic carbocycles. The van der Waals surface area contributed by atoms with Crippen LogP contribution in [-0.2, 0) is 4.79 Å². The Morgan fingerprint density at radius 3 is 2.54 bits per heavy atom. The van der Waals surface area contributed by atoms with E-state index in [0.29, 0.717) is 44.7 Å². The maximum atomic E-state index is 13.4. The summed E-state index contributed by atoms with van der Waals surface area (Å²) in [5.41, 5.74) is 1.93. The average molecular weight is 496 g/mol. The van der Waals surface area contributed by atoms with Gasteiger partial charge >= 0.3 is 5.97 Å². The van der Waals surface area contributed by atoms with Crippen molar-refractivity contribution in [2.45, 2.75) is 12.3 Å². The minimum atomic E-state index is -0.708. The molecule has 0 spiro atoms. The molecule has 0 N–H and O–H groups in total. The standard InChI is InChI=1S/C29H20O8/c1-33-21-9-7-15(11-23(21)34-2)12-24-28(32)17-8-10-22-26(29(17)37-24)18(13-25(30)36-22)19-14-35-20-6-4-3-5-16(20)27(19)31/h3-12,14,18H,13H2,1-2H3/b24-12-/t18-/m1/s1. The molecule has 0 unspecified atom stereocenters. The van der Waals surface area contributed by atoms with Gasteiger partial charge in [-0.25, -0.2) is 0 Å². The lowest BCUT2D eigenvalue weighted by molar-refractivity contribution is -0.135. The molecule has 0 fully saturated rings. The van der Waals surface area contributed by atoms with E-state index in [-0.39, 0.29) is 34.9 Å². The summed E-state index contributed by atoms with van der Waals surface area (Å²) in [5, 5.41) is 0.402. The Morgan fingerprint density at radius 2 is 1.73 bits per heavy atom. The Balaban J connectivity index is 1.46. The van der Waals surface area contributed by atoms with Crippen LogP contribution in [0.4, 0.5) is 0 Å². The number of allylic oxidation sites excluding steroid dienone is 1. The van der Waals surface area contributed by atoms with Crippen LogP contribution >= 0.6 is 0 Å². The van der Waals surface area contributed by atoms with Crippen molar-refractivity contribution < 1.29 is 33.0 Å². The molecular formula is C29H20O8. The van der Waals surface area contributed by atoms with E-state index in [1.165, 1.54) is 13.4 Å². The predicted molar refractivity (Wildman–Crippen MR) is 134 cm³/mol. The maximum absolute atomic E-state index is 13.4. The highest BCUT2D eigenvalue weighted by Crippen LogP contribution is 2.48. The predicted octanol–water partition coefficient (Wildman–Crippen LogP) is 4.87. The Kier molecular flexibility index (Phi) is 5.30. The first-order valence-electron chi connectivity index (χ1n) is 11.5. The lowest BCUT2D eigenvalue weighted by Crippen LogP contribution is -2.25. The Bertz CT molecular complexity index is 1690. The molecule has 0 amide bonds. The van der Waals surface area contributed by atoms with E-state index in [2.05, 4.69) is 0 Å². The topological polar surface area (TPSA) is 101 Å². The van der Waals surface area contributed by atoms with Gasteiger partial charge in [0.2, 0.25) is 5.78 Å². The number of methoxy groups -OCH3 is 2. The van der Waals surface area contributed by atoms with Crippen LogP contribution in [-0.4, -0.2) is 26.0 Å². The Morgan fingerprint density at radius 1 is 0.919 bits per heavy atom. The van der Waals surface area contributed by atoms with Crippen molar-refractivity contribution in [1.82, 2.24) is 0 Å². The largest absolute Gasteiger partial charge is 0.493 e. The molecule has 0 bridgehead atoms. The molecule has 1 aromatic heterocycles. The van der Waals surface area contributed by atoms with Crippen LogP contribution in [0.3, 0.4) is 0 Å². The van der Waals surface area contributed by atoms with Crippen LogP contribution in [0.15, 0.2) is 75.8 Å². The second-order valence-corrected chi connectivity index (χ2v) is 8.66. The number of Topliss-reactive ketones (excluding diaryl/α,β-unsaturated/α-hetero) is 1. The van der Waals surface area contributed by atoms with Crippen molar-refractivity contribution in [2.75, 3.05) is 14.2 Å². The van der Waals surface area contributed by atoms with Crippen molar-refractivity contribution in [2.24, 2.45) is 0 Å². The highest BCUT2D eigenvalue weighted by molar-refractivity contribution is 6.15. The minimum Gasteiger partial charge on any atom is -0.493 e. The number of carbonyl (C=O) groups excluding carboxylic acids is 2. The summed E-state index contributed by atoms with van der Waals surface area (Å²) in [7, 11) is 3.07. The maximum Gasteiger partial charge on any atom is 0.312 e. The first-order chi connectivity index (χ1) is 18.0. The van der Waals surface area contributed by atoms with Gasteiger partial charge in [-0.2, -0.15) is 0 Å². The summed E-state index contributed by atoms with van der Waals surface area (Å²) in [6, 6.07) is 15.2. The number of ether oxygens (including phenoxy) is 4. The zero-order chi connectivity index (χ0) is 25.7. The van der Waals surface area contributed by atoms with Crippen LogP contribution in [0.2, 0.25) is 0 Å². The quantitative estimate of drug-likeness (QED) is 0.224. The van der Waals surface area contributed by atoms with E-state index >= 15 is 0 Å². The van der Waals surface area contributed by atoms with E-state index < -0.39 is 11.9 Å². The summed E-state index contributed by atoms with van der Waals surface area (Å²) >= 11 is 0. The van der Waals surface area contributed by atoms with Crippen LogP contribution in [0.25, 0.3) is 17.0 Å². The number of carbonyl (C=O) groups is 2. The van der Waals surface area contributed by atoms with Gasteiger partial charge in [-0.1, -0.05) is 18.2 Å². The molecule has 8 nitrogen and oxygen atoms in total. The average Bonchev–Trinajstić information content (AvgIpc) is 3.23. The van der Waals surface area contributed by atoms with Crippen molar-refractivity contribution in [3.63, 3.8) is 0 Å². The first-order valence-corrected chi connectivity index (χ1v) is 11.5. The summed E-state index contributed by atoms with van der Waals surface area (Å²) in [6.07, 6.45) is 2.87. The van der Waals surface area contributed by atoms with Gasteiger partial charge in [-0.15, -0.1) is 0 Å². The zero-order valence-electron chi connectivity index (χ0n) is 19.9. The van der Waals surface area contributed by atoms with E-state index in [0.717, 1.165) is 0 Å². The second kappa shape index (κ2) is 8.67. The van der Waals surface area contributed by atoms with Crippen molar-refractivity contribution >= 4 is 28.8 Å². The molecule has 4 aromatic rings. The molecule has 2 aliphatic rings. The third kappa shape index (κ3) is 3.65. The van der Waals surface area contributed by atoms with Crippen LogP contribution in [0.5, 0.6) is 23.0 Å². The van der Waals surface area contributed by atoms with Crippen LogP contribution < -0.4 is 24.4 Å². The van der Waals surface area contributed by atoms with Crippen molar-refractivity contribution in [3.8, 4) is 23.0 Å². The van der Waals surface area contributed by atoms with E-state index in [1.54, 1.807) is 67.8 Å². The van der Waals surface area contributed by atoms with Crippen LogP contribution in [0, 0.1) is 0 Å². The number of para-hydroxylation sites is 1. The first kappa shape index (κ1) is 22.6. The number of rotatable bonds is 4. The summed E-state index contributed by atoms with van der Waals surface area (Å²) < 4.78 is 27.9. The molecule has 6 rings (SSSR count). The monoisotopic (exact) mass is 496 g/mol. The van der Waals surface area contributed by atoms with Crippen molar-refractivity contribution in [3.05, 3.63) is 99.1 Å². The molecule has 2 aliphatic heterocycles. The lowest BCUT2D eigenvalue weighted by Gasteiger charge is -2.25. The highest BCUT2D eigenvalue weighted by Gasteiger charge is 2.39. The van der Waals surface area contributed by atoms with Gasteiger partial charge in [0.25, 0.3) is 0 Å². The lowest BCUT2D eigenvalue weighted by atomic mass is 9.85. The number of fused-ring (bicyclic) bond motifs is 4.